The minimum Gasteiger partial charge on any atom is -0.444 e. The molecule has 4 heterocycles. The van der Waals surface area contributed by atoms with Crippen LogP contribution in [0.15, 0.2) is 36.7 Å². The number of hydrogen-bond donors (Lipinski definition) is 1. The van der Waals surface area contributed by atoms with Gasteiger partial charge >= 0.3 is 6.09 Å². The number of ether oxygens (including phenoxy) is 1. The van der Waals surface area contributed by atoms with E-state index in [1.165, 1.54) is 16.8 Å². The molecule has 41 heavy (non-hydrogen) atoms. The number of piperidine rings is 1. The zero-order valence-electron chi connectivity index (χ0n) is 23.6. The first-order valence-corrected chi connectivity index (χ1v) is 13.9. The number of carbonyl (C=O) groups excluding carboxylic acids is 2. The predicted octanol–water partition coefficient (Wildman–Crippen LogP) is 4.74. The second kappa shape index (κ2) is 10.2. The molecular formula is C29H33FN8O3. The molecule has 1 saturated carbocycles. The van der Waals surface area contributed by atoms with E-state index in [0.717, 1.165) is 49.8 Å². The van der Waals surface area contributed by atoms with Gasteiger partial charge in [-0.1, -0.05) is 0 Å². The van der Waals surface area contributed by atoms with Crippen LogP contribution in [0.5, 0.6) is 0 Å². The number of benzene rings is 1. The lowest BCUT2D eigenvalue weighted by Gasteiger charge is -2.40. The summed E-state index contributed by atoms with van der Waals surface area (Å²) in [5, 5.41) is 16.0. The van der Waals surface area contributed by atoms with Crippen molar-refractivity contribution in [2.45, 2.75) is 71.1 Å². The molecule has 0 radical (unpaired) electrons. The van der Waals surface area contributed by atoms with Gasteiger partial charge in [0.15, 0.2) is 11.5 Å². The maximum Gasteiger partial charge on any atom is 0.410 e. The fraction of sp³-hybridized carbons (Fsp3) is 0.448. The van der Waals surface area contributed by atoms with Crippen LogP contribution in [0.4, 0.5) is 20.6 Å². The number of fused-ring (bicyclic) bond motifs is 2. The van der Waals surface area contributed by atoms with Crippen molar-refractivity contribution in [3.63, 3.8) is 0 Å². The van der Waals surface area contributed by atoms with E-state index < -0.39 is 17.3 Å². The second-order valence-electron chi connectivity index (χ2n) is 11.7. The molecule has 2 aliphatic rings. The molecule has 214 valence electrons. The van der Waals surface area contributed by atoms with Crippen LogP contribution in [-0.4, -0.2) is 72.5 Å². The van der Waals surface area contributed by atoms with Crippen molar-refractivity contribution in [1.82, 2.24) is 29.7 Å². The topological polar surface area (TPSA) is 118 Å². The van der Waals surface area contributed by atoms with Crippen LogP contribution in [0.3, 0.4) is 0 Å². The van der Waals surface area contributed by atoms with Crippen LogP contribution in [0.1, 0.15) is 62.6 Å². The summed E-state index contributed by atoms with van der Waals surface area (Å²) in [6.07, 6.45) is 6.56. The number of aromatic nitrogens is 5. The number of hydrogen-bond acceptors (Lipinski definition) is 8. The molecule has 3 aromatic heterocycles. The van der Waals surface area contributed by atoms with E-state index in [4.69, 9.17) is 4.74 Å². The van der Waals surface area contributed by atoms with Crippen molar-refractivity contribution in [2.75, 3.05) is 23.3 Å². The lowest BCUT2D eigenvalue weighted by atomic mass is 10.0. The molecule has 1 aromatic carbocycles. The summed E-state index contributed by atoms with van der Waals surface area (Å²) in [5.41, 5.74) is 1.54. The van der Waals surface area contributed by atoms with Gasteiger partial charge in [0, 0.05) is 42.3 Å². The number of rotatable bonds is 5. The van der Waals surface area contributed by atoms with E-state index in [2.05, 4.69) is 30.5 Å². The second-order valence-corrected chi connectivity index (χ2v) is 11.7. The van der Waals surface area contributed by atoms with Gasteiger partial charge in [0.25, 0.3) is 5.91 Å². The number of pyridine rings is 1. The molecular weight excluding hydrogens is 527 g/mol. The fourth-order valence-corrected chi connectivity index (χ4v) is 5.50. The van der Waals surface area contributed by atoms with Crippen LogP contribution in [0.2, 0.25) is 0 Å². The highest BCUT2D eigenvalue weighted by Gasteiger charge is 2.40. The number of anilines is 2. The quantitative estimate of drug-likeness (QED) is 0.372. The van der Waals surface area contributed by atoms with E-state index >= 15 is 0 Å². The molecule has 11 nitrogen and oxygen atoms in total. The number of nitrogens with one attached hydrogen (secondary N) is 1. The number of aryl methyl sites for hydroxylation is 1. The maximum atomic E-state index is 14.5. The molecule has 2 fully saturated rings. The summed E-state index contributed by atoms with van der Waals surface area (Å²) >= 11 is 0. The number of carbonyl (C=O) groups is 2. The number of amides is 2. The molecule has 0 unspecified atom stereocenters. The Morgan fingerprint density at radius 2 is 1.83 bits per heavy atom. The smallest absolute Gasteiger partial charge is 0.410 e. The highest BCUT2D eigenvalue weighted by atomic mass is 19.1. The zero-order chi connectivity index (χ0) is 28.9. The van der Waals surface area contributed by atoms with Gasteiger partial charge in [0.05, 0.1) is 23.6 Å². The molecule has 1 aliphatic carbocycles. The summed E-state index contributed by atoms with van der Waals surface area (Å²) in [5.74, 6) is -0.592. The van der Waals surface area contributed by atoms with Crippen LogP contribution >= 0.6 is 0 Å². The maximum absolute atomic E-state index is 14.5. The molecule has 12 heteroatoms. The summed E-state index contributed by atoms with van der Waals surface area (Å²) in [4.78, 5) is 34.6. The van der Waals surface area contributed by atoms with Crippen molar-refractivity contribution >= 4 is 39.9 Å². The SMILES string of the molecule is Cc1nc2c(F)cc(NC(=O)c3ccc(N4CCC(N(C(=O)OC(C)(C)C)C5CC5)CC4)c4ccnnc34)cn2n1. The Balaban J connectivity index is 1.20. The standard InChI is InChI=1S/C29H33FN8O3/c1-17-32-26-23(30)15-18(16-37(26)35-17)33-27(39)22-7-8-24(21-9-12-31-34-25(21)22)36-13-10-20(11-14-36)38(19-5-6-19)28(40)41-29(2,3)4/h7-9,12,15-16,19-20H,5-6,10-11,13-14H2,1-4H3,(H,33,39). The van der Waals surface area contributed by atoms with Crippen molar-refractivity contribution in [3.8, 4) is 0 Å². The first-order valence-electron chi connectivity index (χ1n) is 13.9. The minimum atomic E-state index is -0.585. The van der Waals surface area contributed by atoms with E-state index in [9.17, 15) is 14.0 Å². The highest BCUT2D eigenvalue weighted by molar-refractivity contribution is 6.13. The third-order valence-electron chi connectivity index (χ3n) is 7.40. The van der Waals surface area contributed by atoms with Crippen molar-refractivity contribution in [1.29, 1.82) is 0 Å². The van der Waals surface area contributed by atoms with Gasteiger partial charge in [-0.3, -0.25) is 4.79 Å². The molecule has 0 bridgehead atoms. The molecule has 1 saturated heterocycles. The average Bonchev–Trinajstić information content (AvgIpc) is 3.67. The molecule has 1 aliphatic heterocycles. The van der Waals surface area contributed by atoms with E-state index in [1.807, 2.05) is 37.8 Å². The Kier molecular flexibility index (Phi) is 6.71. The van der Waals surface area contributed by atoms with Gasteiger partial charge in [-0.15, -0.1) is 5.10 Å². The van der Waals surface area contributed by atoms with E-state index in [1.54, 1.807) is 19.2 Å². The highest BCUT2D eigenvalue weighted by Crippen LogP contribution is 2.36. The summed E-state index contributed by atoms with van der Waals surface area (Å²) < 4.78 is 21.6. The largest absolute Gasteiger partial charge is 0.444 e. The van der Waals surface area contributed by atoms with Crippen LogP contribution in [-0.2, 0) is 4.74 Å². The first-order chi connectivity index (χ1) is 19.6. The lowest BCUT2D eigenvalue weighted by Crippen LogP contribution is -2.50. The zero-order valence-corrected chi connectivity index (χ0v) is 23.6. The Bertz CT molecular complexity index is 1640. The van der Waals surface area contributed by atoms with Gasteiger partial charge in [0.1, 0.15) is 16.9 Å². The molecule has 4 aromatic rings. The fourth-order valence-electron chi connectivity index (χ4n) is 5.50. The van der Waals surface area contributed by atoms with Gasteiger partial charge in [-0.2, -0.15) is 10.2 Å². The van der Waals surface area contributed by atoms with Crippen LogP contribution in [0.25, 0.3) is 16.6 Å². The molecule has 2 amide bonds. The predicted molar refractivity (Wildman–Crippen MR) is 152 cm³/mol. The van der Waals surface area contributed by atoms with Crippen molar-refractivity contribution in [2.24, 2.45) is 0 Å². The minimum absolute atomic E-state index is 0.0938. The number of nitrogens with zero attached hydrogens (tertiary/aromatic N) is 7. The Morgan fingerprint density at radius 1 is 1.10 bits per heavy atom. The molecule has 1 N–H and O–H groups in total. The van der Waals surface area contributed by atoms with Gasteiger partial charge in [0.2, 0.25) is 0 Å². The van der Waals surface area contributed by atoms with Gasteiger partial charge in [-0.25, -0.2) is 18.7 Å². The Morgan fingerprint density at radius 3 is 2.54 bits per heavy atom. The lowest BCUT2D eigenvalue weighted by molar-refractivity contribution is 0.0114. The molecule has 6 rings (SSSR count). The number of halogens is 1. The third kappa shape index (κ3) is 5.50. The van der Waals surface area contributed by atoms with Gasteiger partial charge < -0.3 is 19.9 Å². The normalized spacial score (nSPS) is 16.3. The van der Waals surface area contributed by atoms with Crippen molar-refractivity contribution in [3.05, 3.63) is 53.9 Å². The van der Waals surface area contributed by atoms with Crippen LogP contribution in [0, 0.1) is 12.7 Å². The van der Waals surface area contributed by atoms with Gasteiger partial charge in [-0.05, 0) is 71.6 Å². The van der Waals surface area contributed by atoms with Crippen LogP contribution < -0.4 is 10.2 Å². The third-order valence-corrected chi connectivity index (χ3v) is 7.40. The van der Waals surface area contributed by atoms with Crippen molar-refractivity contribution < 1.29 is 18.7 Å². The van der Waals surface area contributed by atoms with E-state index in [0.29, 0.717) is 16.9 Å². The summed E-state index contributed by atoms with van der Waals surface area (Å²) in [6, 6.07) is 7.09. The van der Waals surface area contributed by atoms with E-state index in [-0.39, 0.29) is 29.5 Å². The Hall–Kier alpha value is -4.35. The molecule has 0 atom stereocenters. The summed E-state index contributed by atoms with van der Waals surface area (Å²) in [7, 11) is 0. The summed E-state index contributed by atoms with van der Waals surface area (Å²) in [6.45, 7) is 8.84. The first kappa shape index (κ1) is 26.9. The monoisotopic (exact) mass is 560 g/mol. The Labute approximate surface area is 236 Å². The average molecular weight is 561 g/mol. The molecule has 0 spiro atoms.